The molecule has 0 fully saturated rings. The number of nitrogens with one attached hydrogen (secondary N) is 2. The maximum absolute atomic E-state index is 12.7. The number of rotatable bonds is 6. The van der Waals surface area contributed by atoms with Crippen LogP contribution in [0.25, 0.3) is 0 Å². The van der Waals surface area contributed by atoms with Gasteiger partial charge in [0, 0.05) is 13.1 Å². The Morgan fingerprint density at radius 3 is 2.50 bits per heavy atom. The number of aliphatic hydroxyl groups is 1. The molecule has 0 bridgehead atoms. The Morgan fingerprint density at radius 2 is 1.95 bits per heavy atom. The molecule has 2 atom stereocenters. The summed E-state index contributed by atoms with van der Waals surface area (Å²) in [4.78, 5) is 11.6. The Hall–Kier alpha value is -1.62. The largest absolute Gasteiger partial charge is 0.388 e. The molecule has 1 aromatic carbocycles. The van der Waals surface area contributed by atoms with E-state index in [-0.39, 0.29) is 24.3 Å². The van der Waals surface area contributed by atoms with Crippen molar-refractivity contribution in [2.45, 2.75) is 39.3 Å². The van der Waals surface area contributed by atoms with Crippen molar-refractivity contribution in [3.8, 4) is 0 Å². The number of carbonyl (C=O) groups is 1. The van der Waals surface area contributed by atoms with Gasteiger partial charge in [-0.25, -0.2) is 9.18 Å². The fraction of sp³-hybridized carbons (Fsp3) is 0.533. The highest BCUT2D eigenvalue weighted by Crippen LogP contribution is 2.18. The van der Waals surface area contributed by atoms with E-state index in [1.807, 2.05) is 13.8 Å². The van der Waals surface area contributed by atoms with Crippen molar-refractivity contribution >= 4 is 6.03 Å². The van der Waals surface area contributed by atoms with Crippen LogP contribution in [0.5, 0.6) is 0 Å². The summed E-state index contributed by atoms with van der Waals surface area (Å²) >= 11 is 0. The van der Waals surface area contributed by atoms with Crippen molar-refractivity contribution in [3.05, 3.63) is 35.6 Å². The number of hydrogen-bond donors (Lipinski definition) is 3. The molecule has 112 valence electrons. The predicted molar refractivity (Wildman–Crippen MR) is 76.7 cm³/mol. The monoisotopic (exact) mass is 282 g/mol. The standard InChI is InChI=1S/C15H23FN2O2/c1-4-11(2)15(3,20)10-18-14(19)17-9-12-5-7-13(16)8-6-12/h5-8,11,20H,4,9-10H2,1-3H3,(H2,17,18,19). The van der Waals surface area contributed by atoms with Crippen LogP contribution in [0.3, 0.4) is 0 Å². The number of amides is 2. The zero-order chi connectivity index (χ0) is 15.2. The van der Waals surface area contributed by atoms with E-state index in [1.54, 1.807) is 19.1 Å². The van der Waals surface area contributed by atoms with Gasteiger partial charge >= 0.3 is 6.03 Å². The van der Waals surface area contributed by atoms with Gasteiger partial charge in [0.25, 0.3) is 0 Å². The highest BCUT2D eigenvalue weighted by Gasteiger charge is 2.27. The summed E-state index contributed by atoms with van der Waals surface area (Å²) in [5.74, 6) is -0.206. The van der Waals surface area contributed by atoms with Crippen LogP contribution in [0.1, 0.15) is 32.8 Å². The van der Waals surface area contributed by atoms with Crippen LogP contribution in [0.15, 0.2) is 24.3 Å². The van der Waals surface area contributed by atoms with Crippen LogP contribution in [-0.2, 0) is 6.54 Å². The summed E-state index contributed by atoms with van der Waals surface area (Å²) in [7, 11) is 0. The molecule has 20 heavy (non-hydrogen) atoms. The Balaban J connectivity index is 2.35. The normalized spacial score (nSPS) is 15.2. The molecule has 0 aliphatic heterocycles. The van der Waals surface area contributed by atoms with E-state index in [0.29, 0.717) is 6.54 Å². The molecule has 0 saturated heterocycles. The highest BCUT2D eigenvalue weighted by molar-refractivity contribution is 5.73. The van der Waals surface area contributed by atoms with Gasteiger partial charge in [0.05, 0.1) is 5.60 Å². The van der Waals surface area contributed by atoms with Crippen molar-refractivity contribution in [1.82, 2.24) is 10.6 Å². The van der Waals surface area contributed by atoms with Gasteiger partial charge < -0.3 is 15.7 Å². The molecule has 0 heterocycles. The van der Waals surface area contributed by atoms with Crippen LogP contribution in [0.2, 0.25) is 0 Å². The Morgan fingerprint density at radius 1 is 1.35 bits per heavy atom. The molecule has 5 heteroatoms. The molecule has 0 radical (unpaired) electrons. The third-order valence-electron chi connectivity index (χ3n) is 3.65. The Kier molecular flexibility index (Phi) is 5.95. The molecule has 3 N–H and O–H groups in total. The van der Waals surface area contributed by atoms with Crippen molar-refractivity contribution in [2.75, 3.05) is 6.54 Å². The van der Waals surface area contributed by atoms with E-state index in [2.05, 4.69) is 10.6 Å². The molecule has 0 aromatic heterocycles. The molecule has 0 saturated carbocycles. The number of urea groups is 1. The van der Waals surface area contributed by atoms with Crippen LogP contribution >= 0.6 is 0 Å². The summed E-state index contributed by atoms with van der Waals surface area (Å²) in [6.45, 7) is 6.15. The predicted octanol–water partition coefficient (Wildman–Crippen LogP) is 2.42. The van der Waals surface area contributed by atoms with Gasteiger partial charge in [-0.2, -0.15) is 0 Å². The maximum Gasteiger partial charge on any atom is 0.315 e. The van der Waals surface area contributed by atoms with Crippen molar-refractivity contribution < 1.29 is 14.3 Å². The fourth-order valence-corrected chi connectivity index (χ4v) is 1.72. The lowest BCUT2D eigenvalue weighted by Gasteiger charge is -2.29. The van der Waals surface area contributed by atoms with Gasteiger partial charge in [-0.15, -0.1) is 0 Å². The van der Waals surface area contributed by atoms with Gasteiger partial charge in [0.15, 0.2) is 0 Å². The van der Waals surface area contributed by atoms with Gasteiger partial charge in [0.1, 0.15) is 5.82 Å². The minimum Gasteiger partial charge on any atom is -0.388 e. The van der Waals surface area contributed by atoms with Crippen LogP contribution in [-0.4, -0.2) is 23.3 Å². The summed E-state index contributed by atoms with van der Waals surface area (Å²) in [6.07, 6.45) is 0.839. The topological polar surface area (TPSA) is 61.4 Å². The number of hydrogen-bond acceptors (Lipinski definition) is 2. The van der Waals surface area contributed by atoms with Crippen molar-refractivity contribution in [3.63, 3.8) is 0 Å². The lowest BCUT2D eigenvalue weighted by atomic mass is 9.89. The SMILES string of the molecule is CCC(C)C(C)(O)CNC(=O)NCc1ccc(F)cc1. The van der Waals surface area contributed by atoms with E-state index in [9.17, 15) is 14.3 Å². The van der Waals surface area contributed by atoms with Gasteiger partial charge in [-0.05, 0) is 30.5 Å². The minimum atomic E-state index is -0.929. The summed E-state index contributed by atoms with van der Waals surface area (Å²) in [6, 6.07) is 5.58. The summed E-state index contributed by atoms with van der Waals surface area (Å²) < 4.78 is 12.7. The summed E-state index contributed by atoms with van der Waals surface area (Å²) in [5.41, 5.74) is -0.114. The first-order valence-electron chi connectivity index (χ1n) is 6.83. The first kappa shape index (κ1) is 16.4. The third-order valence-corrected chi connectivity index (χ3v) is 3.65. The van der Waals surface area contributed by atoms with Crippen molar-refractivity contribution in [1.29, 1.82) is 0 Å². The molecule has 1 aromatic rings. The van der Waals surface area contributed by atoms with E-state index in [4.69, 9.17) is 0 Å². The second-order valence-electron chi connectivity index (χ2n) is 5.33. The first-order valence-corrected chi connectivity index (χ1v) is 6.83. The lowest BCUT2D eigenvalue weighted by Crippen LogP contribution is -2.47. The first-order chi connectivity index (χ1) is 9.35. The van der Waals surface area contributed by atoms with Gasteiger partial charge in [-0.1, -0.05) is 32.4 Å². The summed E-state index contributed by atoms with van der Waals surface area (Å²) in [5, 5.41) is 15.5. The molecule has 1 rings (SSSR count). The number of benzene rings is 1. The van der Waals surface area contributed by atoms with Gasteiger partial charge in [-0.3, -0.25) is 0 Å². The van der Waals surface area contributed by atoms with E-state index in [1.165, 1.54) is 12.1 Å². The van der Waals surface area contributed by atoms with Crippen LogP contribution in [0, 0.1) is 11.7 Å². The minimum absolute atomic E-state index is 0.0971. The van der Waals surface area contributed by atoms with Crippen LogP contribution < -0.4 is 10.6 Å². The van der Waals surface area contributed by atoms with Gasteiger partial charge in [0.2, 0.25) is 0 Å². The quantitative estimate of drug-likeness (QED) is 0.750. The second kappa shape index (κ2) is 7.24. The average Bonchev–Trinajstić information content (AvgIpc) is 2.43. The van der Waals surface area contributed by atoms with E-state index in [0.717, 1.165) is 12.0 Å². The molecule has 2 unspecified atom stereocenters. The Labute approximate surface area is 119 Å². The van der Waals surface area contributed by atoms with E-state index < -0.39 is 5.60 Å². The molecule has 0 aliphatic rings. The zero-order valence-corrected chi connectivity index (χ0v) is 12.2. The fourth-order valence-electron chi connectivity index (χ4n) is 1.72. The maximum atomic E-state index is 12.7. The highest BCUT2D eigenvalue weighted by atomic mass is 19.1. The smallest absolute Gasteiger partial charge is 0.315 e. The molecule has 0 spiro atoms. The molecular formula is C15H23FN2O2. The lowest BCUT2D eigenvalue weighted by molar-refractivity contribution is 0.00790. The zero-order valence-electron chi connectivity index (χ0n) is 12.2. The number of halogens is 1. The molecular weight excluding hydrogens is 259 g/mol. The van der Waals surface area contributed by atoms with Crippen LogP contribution in [0.4, 0.5) is 9.18 Å². The third kappa shape index (κ3) is 5.17. The van der Waals surface area contributed by atoms with Crippen molar-refractivity contribution in [2.24, 2.45) is 5.92 Å². The second-order valence-corrected chi connectivity index (χ2v) is 5.33. The number of carbonyl (C=O) groups excluding carboxylic acids is 1. The molecule has 4 nitrogen and oxygen atoms in total. The molecule has 2 amide bonds. The Bertz CT molecular complexity index is 432. The molecule has 0 aliphatic carbocycles. The average molecular weight is 282 g/mol. The van der Waals surface area contributed by atoms with E-state index >= 15 is 0 Å².